The van der Waals surface area contributed by atoms with Gasteiger partial charge in [-0.05, 0) is 12.1 Å². The van der Waals surface area contributed by atoms with Crippen molar-refractivity contribution >= 4 is 23.1 Å². The van der Waals surface area contributed by atoms with Gasteiger partial charge in [0.1, 0.15) is 11.4 Å². The number of Topliss-reactive ketones (excluding diaryl/α,β-unsaturated/α-hetero) is 1. The zero-order valence-electron chi connectivity index (χ0n) is 9.20. The van der Waals surface area contributed by atoms with E-state index in [4.69, 9.17) is 11.6 Å². The SMILES string of the molecule is CN(C)c1c(O)ccc(C(=O)CCCl)c1O. The van der Waals surface area contributed by atoms with E-state index in [1.165, 1.54) is 12.1 Å². The third-order valence-electron chi connectivity index (χ3n) is 2.20. The van der Waals surface area contributed by atoms with Crippen LogP contribution in [0.1, 0.15) is 16.8 Å². The van der Waals surface area contributed by atoms with Crippen LogP contribution in [0.4, 0.5) is 5.69 Å². The van der Waals surface area contributed by atoms with E-state index in [0.717, 1.165) is 0 Å². The number of hydrogen-bond donors (Lipinski definition) is 2. The zero-order chi connectivity index (χ0) is 12.3. The first-order valence-electron chi connectivity index (χ1n) is 4.80. The number of carbonyl (C=O) groups excluding carboxylic acids is 1. The van der Waals surface area contributed by atoms with Crippen LogP contribution in [-0.2, 0) is 0 Å². The summed E-state index contributed by atoms with van der Waals surface area (Å²) in [5, 5.41) is 19.4. The standard InChI is InChI=1S/C11H14ClNO3/c1-13(2)10-9(15)4-3-7(11(10)16)8(14)5-6-12/h3-4,15-16H,5-6H2,1-2H3. The highest BCUT2D eigenvalue weighted by molar-refractivity contribution is 6.19. The first-order chi connectivity index (χ1) is 7.49. The van der Waals surface area contributed by atoms with Gasteiger partial charge in [-0.2, -0.15) is 0 Å². The highest BCUT2D eigenvalue weighted by atomic mass is 35.5. The van der Waals surface area contributed by atoms with E-state index in [9.17, 15) is 15.0 Å². The lowest BCUT2D eigenvalue weighted by Gasteiger charge is -2.17. The Hall–Kier alpha value is -1.42. The molecule has 0 spiro atoms. The molecule has 0 aliphatic rings. The van der Waals surface area contributed by atoms with Crippen LogP contribution in [0.3, 0.4) is 0 Å². The summed E-state index contributed by atoms with van der Waals surface area (Å²) in [5.41, 5.74) is 0.419. The number of nitrogens with zero attached hydrogens (tertiary/aromatic N) is 1. The van der Waals surface area contributed by atoms with Crippen LogP contribution in [-0.4, -0.2) is 36.0 Å². The Balaban J connectivity index is 3.23. The molecular formula is C11H14ClNO3. The van der Waals surface area contributed by atoms with Crippen LogP contribution in [0.2, 0.25) is 0 Å². The lowest BCUT2D eigenvalue weighted by Crippen LogP contribution is -2.11. The average Bonchev–Trinajstić information content (AvgIpc) is 2.17. The first-order valence-corrected chi connectivity index (χ1v) is 5.34. The summed E-state index contributed by atoms with van der Waals surface area (Å²) in [5.74, 6) is -0.308. The molecule has 0 aliphatic carbocycles. The molecule has 16 heavy (non-hydrogen) atoms. The van der Waals surface area contributed by atoms with Crippen molar-refractivity contribution in [1.29, 1.82) is 0 Å². The van der Waals surface area contributed by atoms with Gasteiger partial charge in [0.25, 0.3) is 0 Å². The topological polar surface area (TPSA) is 60.8 Å². The summed E-state index contributed by atoms with van der Waals surface area (Å²) in [6, 6.07) is 2.78. The van der Waals surface area contributed by atoms with Gasteiger partial charge in [-0.15, -0.1) is 11.6 Å². The molecular weight excluding hydrogens is 230 g/mol. The number of rotatable bonds is 4. The fourth-order valence-corrected chi connectivity index (χ4v) is 1.63. The highest BCUT2D eigenvalue weighted by Crippen LogP contribution is 2.38. The average molecular weight is 244 g/mol. The number of hydrogen-bond acceptors (Lipinski definition) is 4. The Kier molecular flexibility index (Phi) is 4.01. The van der Waals surface area contributed by atoms with Gasteiger partial charge in [0, 0.05) is 26.4 Å². The minimum absolute atomic E-state index is 0.0649. The van der Waals surface area contributed by atoms with Crippen molar-refractivity contribution in [1.82, 2.24) is 0 Å². The molecule has 1 aromatic rings. The van der Waals surface area contributed by atoms with Crippen molar-refractivity contribution in [3.63, 3.8) is 0 Å². The molecule has 0 aromatic heterocycles. The normalized spacial score (nSPS) is 10.2. The monoisotopic (exact) mass is 243 g/mol. The van der Waals surface area contributed by atoms with Gasteiger partial charge in [-0.1, -0.05) is 0 Å². The smallest absolute Gasteiger partial charge is 0.167 e. The number of phenols is 2. The van der Waals surface area contributed by atoms with Crippen LogP contribution in [0.5, 0.6) is 11.5 Å². The van der Waals surface area contributed by atoms with Crippen molar-refractivity contribution in [3.8, 4) is 11.5 Å². The van der Waals surface area contributed by atoms with E-state index >= 15 is 0 Å². The maximum Gasteiger partial charge on any atom is 0.167 e. The summed E-state index contributed by atoms with van der Waals surface area (Å²) in [4.78, 5) is 13.2. The van der Waals surface area contributed by atoms with Crippen LogP contribution >= 0.6 is 11.6 Å². The van der Waals surface area contributed by atoms with E-state index in [-0.39, 0.29) is 40.8 Å². The second-order valence-corrected chi connectivity index (χ2v) is 3.96. The summed E-state index contributed by atoms with van der Waals surface area (Å²) in [6.07, 6.45) is 0.159. The van der Waals surface area contributed by atoms with Crippen LogP contribution in [0, 0.1) is 0 Å². The highest BCUT2D eigenvalue weighted by Gasteiger charge is 2.18. The summed E-state index contributed by atoms with van der Waals surface area (Å²) in [6.45, 7) is 0. The Bertz CT molecular complexity index is 404. The van der Waals surface area contributed by atoms with Crippen molar-refractivity contribution in [3.05, 3.63) is 17.7 Å². The van der Waals surface area contributed by atoms with Gasteiger partial charge < -0.3 is 15.1 Å². The molecule has 88 valence electrons. The van der Waals surface area contributed by atoms with Gasteiger partial charge >= 0.3 is 0 Å². The molecule has 0 amide bonds. The summed E-state index contributed by atoms with van der Waals surface area (Å²) < 4.78 is 0. The van der Waals surface area contributed by atoms with E-state index < -0.39 is 0 Å². The molecule has 0 atom stereocenters. The number of anilines is 1. The number of alkyl halides is 1. The van der Waals surface area contributed by atoms with Gasteiger partial charge in [0.2, 0.25) is 0 Å². The number of ketones is 1. The molecule has 0 unspecified atom stereocenters. The van der Waals surface area contributed by atoms with E-state index in [0.29, 0.717) is 0 Å². The molecule has 1 rings (SSSR count). The van der Waals surface area contributed by atoms with Crippen LogP contribution < -0.4 is 4.90 Å². The second kappa shape index (κ2) is 5.07. The zero-order valence-corrected chi connectivity index (χ0v) is 9.95. The minimum Gasteiger partial charge on any atom is -0.506 e. The van der Waals surface area contributed by atoms with Gasteiger partial charge in [0.05, 0.1) is 5.56 Å². The lowest BCUT2D eigenvalue weighted by atomic mass is 10.1. The molecule has 4 nitrogen and oxygen atoms in total. The van der Waals surface area contributed by atoms with Crippen LogP contribution in [0.15, 0.2) is 12.1 Å². The van der Waals surface area contributed by atoms with Crippen molar-refractivity contribution in [2.45, 2.75) is 6.42 Å². The Morgan fingerprint density at radius 1 is 1.38 bits per heavy atom. The number of carbonyl (C=O) groups is 1. The third kappa shape index (κ3) is 2.39. The quantitative estimate of drug-likeness (QED) is 0.627. The Morgan fingerprint density at radius 2 is 2.00 bits per heavy atom. The number of benzene rings is 1. The molecule has 5 heteroatoms. The number of phenolic OH excluding ortho intramolecular Hbond substituents is 2. The maximum atomic E-state index is 11.6. The van der Waals surface area contributed by atoms with Crippen LogP contribution in [0.25, 0.3) is 0 Å². The van der Waals surface area contributed by atoms with E-state index in [2.05, 4.69) is 0 Å². The second-order valence-electron chi connectivity index (χ2n) is 3.59. The largest absolute Gasteiger partial charge is 0.506 e. The molecule has 2 N–H and O–H groups in total. The summed E-state index contributed by atoms with van der Waals surface area (Å²) >= 11 is 5.47. The summed E-state index contributed by atoms with van der Waals surface area (Å²) in [7, 11) is 3.34. The number of aromatic hydroxyl groups is 2. The molecule has 1 aromatic carbocycles. The van der Waals surface area contributed by atoms with E-state index in [1.54, 1.807) is 19.0 Å². The molecule has 0 radical (unpaired) electrons. The molecule has 0 saturated carbocycles. The minimum atomic E-state index is -0.240. The van der Waals surface area contributed by atoms with Crippen molar-refractivity contribution in [2.24, 2.45) is 0 Å². The first kappa shape index (κ1) is 12.6. The molecule has 0 heterocycles. The van der Waals surface area contributed by atoms with Crippen molar-refractivity contribution < 1.29 is 15.0 Å². The maximum absolute atomic E-state index is 11.6. The predicted molar refractivity (Wildman–Crippen MR) is 63.8 cm³/mol. The third-order valence-corrected chi connectivity index (χ3v) is 2.39. The predicted octanol–water partition coefficient (Wildman–Crippen LogP) is 1.98. The van der Waals surface area contributed by atoms with E-state index in [1.807, 2.05) is 0 Å². The Morgan fingerprint density at radius 3 is 2.50 bits per heavy atom. The number of halogens is 1. The van der Waals surface area contributed by atoms with Crippen molar-refractivity contribution in [2.75, 3.05) is 24.9 Å². The lowest BCUT2D eigenvalue weighted by molar-refractivity contribution is 0.0986. The molecule has 0 fully saturated rings. The molecule has 0 aliphatic heterocycles. The van der Waals surface area contributed by atoms with Gasteiger partial charge in [0.15, 0.2) is 11.5 Å². The van der Waals surface area contributed by atoms with Gasteiger partial charge in [-0.25, -0.2) is 0 Å². The van der Waals surface area contributed by atoms with Gasteiger partial charge in [-0.3, -0.25) is 4.79 Å². The Labute approximate surface area is 99.1 Å². The fourth-order valence-electron chi connectivity index (χ4n) is 1.46. The molecule has 0 bridgehead atoms. The molecule has 0 saturated heterocycles. The fraction of sp³-hybridized carbons (Fsp3) is 0.364.